The smallest absolute Gasteiger partial charge is 0.330 e. The van der Waals surface area contributed by atoms with Crippen LogP contribution in [0.1, 0.15) is 46.5 Å². The van der Waals surface area contributed by atoms with Crippen LogP contribution in [0.4, 0.5) is 4.39 Å². The Balaban J connectivity index is 1.79. The molecule has 3 rings (SSSR count). The van der Waals surface area contributed by atoms with Crippen molar-refractivity contribution in [3.05, 3.63) is 47.0 Å². The number of H-pyrrole nitrogens is 1. The summed E-state index contributed by atoms with van der Waals surface area (Å²) >= 11 is 0. The molecule has 0 bridgehead atoms. The summed E-state index contributed by atoms with van der Waals surface area (Å²) in [5.41, 5.74) is 1.08. The minimum Gasteiger partial charge on any atom is -0.494 e. The number of amides is 1. The standard InChI is InChI=1S/C16H16FN3O4/c1-24-13-5-4-9(6-10(13)17)14(16(22)23)18-15(21)12-7-11(19-20-12)8-2-3-8/h4-8,14H,2-3H2,1H3,(H,18,21)(H,19,20)(H,22,23). The zero-order valence-corrected chi connectivity index (χ0v) is 12.9. The van der Waals surface area contributed by atoms with Crippen molar-refractivity contribution in [3.8, 4) is 5.75 Å². The topological polar surface area (TPSA) is 104 Å². The molecule has 3 N–H and O–H groups in total. The number of carbonyl (C=O) groups is 2. The molecular weight excluding hydrogens is 317 g/mol. The molecule has 1 amide bonds. The van der Waals surface area contributed by atoms with Crippen molar-refractivity contribution in [1.29, 1.82) is 0 Å². The summed E-state index contributed by atoms with van der Waals surface area (Å²) in [5, 5.41) is 18.4. The molecule has 1 fully saturated rings. The molecule has 7 nitrogen and oxygen atoms in total. The van der Waals surface area contributed by atoms with E-state index < -0.39 is 23.7 Å². The summed E-state index contributed by atoms with van der Waals surface area (Å²) in [4.78, 5) is 23.7. The van der Waals surface area contributed by atoms with Gasteiger partial charge in [-0.3, -0.25) is 9.89 Å². The molecule has 2 aromatic rings. The number of aromatic nitrogens is 2. The summed E-state index contributed by atoms with van der Waals surface area (Å²) < 4.78 is 18.6. The molecule has 0 radical (unpaired) electrons. The first-order valence-electron chi connectivity index (χ1n) is 7.42. The van der Waals surface area contributed by atoms with Gasteiger partial charge in [-0.25, -0.2) is 9.18 Å². The number of nitrogens with zero attached hydrogens (tertiary/aromatic N) is 1. The number of methoxy groups -OCH3 is 1. The summed E-state index contributed by atoms with van der Waals surface area (Å²) in [6, 6.07) is 3.95. The normalized spacial score (nSPS) is 14.9. The number of halogens is 1. The number of hydrogen-bond donors (Lipinski definition) is 3. The fourth-order valence-corrected chi connectivity index (χ4v) is 2.41. The Bertz CT molecular complexity index is 785. The van der Waals surface area contributed by atoms with E-state index in [2.05, 4.69) is 15.5 Å². The third-order valence-electron chi connectivity index (χ3n) is 3.88. The summed E-state index contributed by atoms with van der Waals surface area (Å²) in [6.45, 7) is 0. The molecular formula is C16H16FN3O4. The first-order valence-corrected chi connectivity index (χ1v) is 7.42. The Hall–Kier alpha value is -2.90. The predicted molar refractivity (Wildman–Crippen MR) is 81.4 cm³/mol. The van der Waals surface area contributed by atoms with Crippen LogP contribution in [0.25, 0.3) is 0 Å². The average Bonchev–Trinajstić information content (AvgIpc) is 3.29. The summed E-state index contributed by atoms with van der Waals surface area (Å²) in [6.07, 6.45) is 2.10. The van der Waals surface area contributed by atoms with Gasteiger partial charge in [-0.15, -0.1) is 0 Å². The monoisotopic (exact) mass is 333 g/mol. The molecule has 0 saturated heterocycles. The number of aliphatic carboxylic acids is 1. The largest absolute Gasteiger partial charge is 0.494 e. The highest BCUT2D eigenvalue weighted by atomic mass is 19.1. The number of rotatable bonds is 6. The van der Waals surface area contributed by atoms with E-state index in [1.54, 1.807) is 6.07 Å². The first-order chi connectivity index (χ1) is 11.5. The van der Waals surface area contributed by atoms with Crippen LogP contribution in [0.2, 0.25) is 0 Å². The molecule has 1 unspecified atom stereocenters. The maximum atomic E-state index is 13.8. The molecule has 1 aromatic carbocycles. The van der Waals surface area contributed by atoms with Gasteiger partial charge in [0.2, 0.25) is 0 Å². The fourth-order valence-electron chi connectivity index (χ4n) is 2.41. The quantitative estimate of drug-likeness (QED) is 0.750. The Morgan fingerprint density at radius 1 is 1.42 bits per heavy atom. The van der Waals surface area contributed by atoms with Crippen LogP contribution in [0, 0.1) is 5.82 Å². The van der Waals surface area contributed by atoms with Crippen molar-refractivity contribution in [1.82, 2.24) is 15.5 Å². The van der Waals surface area contributed by atoms with Crippen LogP contribution in [0.3, 0.4) is 0 Å². The lowest BCUT2D eigenvalue weighted by molar-refractivity contribution is -0.139. The molecule has 1 heterocycles. The van der Waals surface area contributed by atoms with Gasteiger partial charge in [0, 0.05) is 11.6 Å². The lowest BCUT2D eigenvalue weighted by Gasteiger charge is -2.15. The Morgan fingerprint density at radius 2 is 2.17 bits per heavy atom. The van der Waals surface area contributed by atoms with Crippen LogP contribution in [-0.2, 0) is 4.79 Å². The van der Waals surface area contributed by atoms with Crippen molar-refractivity contribution in [2.24, 2.45) is 0 Å². The van der Waals surface area contributed by atoms with E-state index in [1.165, 1.54) is 19.2 Å². The summed E-state index contributed by atoms with van der Waals surface area (Å²) in [7, 11) is 1.31. The zero-order chi connectivity index (χ0) is 17.3. The van der Waals surface area contributed by atoms with Crippen molar-refractivity contribution < 1.29 is 23.8 Å². The maximum Gasteiger partial charge on any atom is 0.330 e. The van der Waals surface area contributed by atoms with E-state index >= 15 is 0 Å². The third-order valence-corrected chi connectivity index (χ3v) is 3.88. The van der Waals surface area contributed by atoms with Gasteiger partial charge in [0.1, 0.15) is 5.69 Å². The van der Waals surface area contributed by atoms with Gasteiger partial charge in [-0.2, -0.15) is 5.10 Å². The number of ether oxygens (including phenoxy) is 1. The molecule has 1 saturated carbocycles. The van der Waals surface area contributed by atoms with E-state index in [-0.39, 0.29) is 17.0 Å². The minimum atomic E-state index is -1.39. The molecule has 24 heavy (non-hydrogen) atoms. The average molecular weight is 333 g/mol. The Morgan fingerprint density at radius 3 is 2.75 bits per heavy atom. The predicted octanol–water partition coefficient (Wildman–Crippen LogP) is 1.99. The van der Waals surface area contributed by atoms with Gasteiger partial charge in [-0.05, 0) is 36.6 Å². The molecule has 0 aliphatic heterocycles. The number of hydrogen-bond acceptors (Lipinski definition) is 4. The van der Waals surface area contributed by atoms with Crippen molar-refractivity contribution in [3.63, 3.8) is 0 Å². The van der Waals surface area contributed by atoms with Gasteiger partial charge in [0.25, 0.3) is 5.91 Å². The molecule has 0 spiro atoms. The van der Waals surface area contributed by atoms with Gasteiger partial charge in [0.05, 0.1) is 7.11 Å². The molecule has 1 atom stereocenters. The van der Waals surface area contributed by atoms with Crippen LogP contribution >= 0.6 is 0 Å². The zero-order valence-electron chi connectivity index (χ0n) is 12.9. The number of carboxylic acid groups (broad SMARTS) is 1. The van der Waals surface area contributed by atoms with Gasteiger partial charge in [0.15, 0.2) is 17.6 Å². The SMILES string of the molecule is COc1ccc(C(NC(=O)c2cc(C3CC3)[nH]n2)C(=O)O)cc1F. The third kappa shape index (κ3) is 3.22. The Labute approximate surface area is 136 Å². The molecule has 126 valence electrons. The van der Waals surface area contributed by atoms with Crippen molar-refractivity contribution >= 4 is 11.9 Å². The molecule has 1 aromatic heterocycles. The molecule has 8 heteroatoms. The number of carboxylic acids is 1. The van der Waals surface area contributed by atoms with Crippen LogP contribution in [-0.4, -0.2) is 34.3 Å². The first kappa shape index (κ1) is 16.0. The minimum absolute atomic E-state index is 0.00408. The maximum absolute atomic E-state index is 13.8. The second-order valence-electron chi connectivity index (χ2n) is 5.62. The number of nitrogens with one attached hydrogen (secondary N) is 2. The van der Waals surface area contributed by atoms with Gasteiger partial charge in [-0.1, -0.05) is 6.07 Å². The van der Waals surface area contributed by atoms with E-state index in [0.717, 1.165) is 24.6 Å². The number of aromatic amines is 1. The highest BCUT2D eigenvalue weighted by Gasteiger charge is 2.28. The lowest BCUT2D eigenvalue weighted by Crippen LogP contribution is -2.34. The Kier molecular flexibility index (Phi) is 4.20. The van der Waals surface area contributed by atoms with Gasteiger partial charge >= 0.3 is 5.97 Å². The van der Waals surface area contributed by atoms with Crippen molar-refractivity contribution in [2.45, 2.75) is 24.8 Å². The number of benzene rings is 1. The number of carbonyl (C=O) groups excluding carboxylic acids is 1. The van der Waals surface area contributed by atoms with Gasteiger partial charge < -0.3 is 15.2 Å². The van der Waals surface area contributed by atoms with E-state index in [9.17, 15) is 19.1 Å². The molecule has 1 aliphatic rings. The van der Waals surface area contributed by atoms with E-state index in [1.807, 2.05) is 0 Å². The van der Waals surface area contributed by atoms with Crippen LogP contribution in [0.5, 0.6) is 5.75 Å². The van der Waals surface area contributed by atoms with Crippen LogP contribution in [0.15, 0.2) is 24.3 Å². The summed E-state index contributed by atoms with van der Waals surface area (Å²) in [5.74, 6) is -2.25. The van der Waals surface area contributed by atoms with E-state index in [4.69, 9.17) is 4.74 Å². The van der Waals surface area contributed by atoms with E-state index in [0.29, 0.717) is 5.92 Å². The van der Waals surface area contributed by atoms with Crippen LogP contribution < -0.4 is 10.1 Å². The fraction of sp³-hybridized carbons (Fsp3) is 0.312. The molecule has 1 aliphatic carbocycles. The highest BCUT2D eigenvalue weighted by Crippen LogP contribution is 2.39. The van der Waals surface area contributed by atoms with Crippen molar-refractivity contribution in [2.75, 3.05) is 7.11 Å². The highest BCUT2D eigenvalue weighted by molar-refractivity contribution is 5.95. The second kappa shape index (κ2) is 6.31. The second-order valence-corrected chi connectivity index (χ2v) is 5.62. The lowest BCUT2D eigenvalue weighted by atomic mass is 10.1.